The van der Waals surface area contributed by atoms with Crippen molar-refractivity contribution < 1.29 is 9.90 Å². The predicted molar refractivity (Wildman–Crippen MR) is 91.0 cm³/mol. The van der Waals surface area contributed by atoms with E-state index in [4.69, 9.17) is 11.6 Å². The number of phenols is 1. The van der Waals surface area contributed by atoms with Crippen LogP contribution in [-0.2, 0) is 0 Å². The Morgan fingerprint density at radius 2 is 1.83 bits per heavy atom. The normalized spacial score (nSPS) is 10.5. The van der Waals surface area contributed by atoms with Crippen LogP contribution in [0.15, 0.2) is 60.8 Å². The lowest BCUT2D eigenvalue weighted by Crippen LogP contribution is -2.03. The summed E-state index contributed by atoms with van der Waals surface area (Å²) in [6, 6.07) is 16.2. The van der Waals surface area contributed by atoms with Gasteiger partial charge in [-0.2, -0.15) is 0 Å². The third-order valence-electron chi connectivity index (χ3n) is 3.62. The number of ketones is 1. The van der Waals surface area contributed by atoms with Crippen LogP contribution in [-0.4, -0.2) is 15.9 Å². The summed E-state index contributed by atoms with van der Waals surface area (Å²) in [7, 11) is 0. The molecule has 3 aromatic rings. The molecule has 23 heavy (non-hydrogen) atoms. The molecular formula is C19H14ClNO2. The third kappa shape index (κ3) is 3.10. The van der Waals surface area contributed by atoms with Crippen molar-refractivity contribution in [2.24, 2.45) is 0 Å². The molecule has 0 aliphatic heterocycles. The van der Waals surface area contributed by atoms with E-state index in [1.807, 2.05) is 30.3 Å². The third-order valence-corrected chi connectivity index (χ3v) is 4.02. The lowest BCUT2D eigenvalue weighted by Gasteiger charge is -2.07. The Bertz CT molecular complexity index is 859. The van der Waals surface area contributed by atoms with Gasteiger partial charge in [0.05, 0.1) is 11.3 Å². The lowest BCUT2D eigenvalue weighted by atomic mass is 10.0. The summed E-state index contributed by atoms with van der Waals surface area (Å²) in [4.78, 5) is 16.8. The number of nitrogens with zero attached hydrogens (tertiary/aromatic N) is 1. The van der Waals surface area contributed by atoms with Crippen molar-refractivity contribution >= 4 is 17.4 Å². The van der Waals surface area contributed by atoms with Gasteiger partial charge in [0.25, 0.3) is 0 Å². The van der Waals surface area contributed by atoms with Gasteiger partial charge in [-0.05, 0) is 36.8 Å². The largest absolute Gasteiger partial charge is 0.507 e. The molecule has 0 fully saturated rings. The standard InChI is InChI=1S/C19H14ClNO2/c1-12-9-18(22)15(10-16(12)20)19(23)14-7-8-17(21-11-14)13-5-3-2-4-6-13/h2-11,22H,1H3. The molecule has 0 saturated heterocycles. The first-order chi connectivity index (χ1) is 11.1. The zero-order valence-electron chi connectivity index (χ0n) is 12.5. The fourth-order valence-electron chi connectivity index (χ4n) is 2.31. The fourth-order valence-corrected chi connectivity index (χ4v) is 2.48. The number of aromatic hydroxyl groups is 1. The molecule has 3 nitrogen and oxygen atoms in total. The Kier molecular flexibility index (Phi) is 4.13. The van der Waals surface area contributed by atoms with Gasteiger partial charge in [0.2, 0.25) is 0 Å². The molecule has 4 heteroatoms. The molecule has 3 rings (SSSR count). The highest BCUT2D eigenvalue weighted by molar-refractivity contribution is 6.32. The lowest BCUT2D eigenvalue weighted by molar-refractivity contribution is 0.103. The van der Waals surface area contributed by atoms with Gasteiger partial charge in [0.1, 0.15) is 5.75 Å². The highest BCUT2D eigenvalue weighted by Crippen LogP contribution is 2.28. The molecule has 0 unspecified atom stereocenters. The molecule has 0 spiro atoms. The van der Waals surface area contributed by atoms with E-state index < -0.39 is 0 Å². The summed E-state index contributed by atoms with van der Waals surface area (Å²) in [5, 5.41) is 10.4. The van der Waals surface area contributed by atoms with Gasteiger partial charge in [0, 0.05) is 22.3 Å². The highest BCUT2D eigenvalue weighted by atomic mass is 35.5. The van der Waals surface area contributed by atoms with Crippen LogP contribution < -0.4 is 0 Å². The second-order valence-corrected chi connectivity index (χ2v) is 5.65. The maximum absolute atomic E-state index is 12.5. The van der Waals surface area contributed by atoms with E-state index in [-0.39, 0.29) is 17.1 Å². The average molecular weight is 324 g/mol. The minimum Gasteiger partial charge on any atom is -0.507 e. The number of carbonyl (C=O) groups is 1. The molecule has 0 radical (unpaired) electrons. The topological polar surface area (TPSA) is 50.2 Å². The molecule has 0 amide bonds. The number of pyridine rings is 1. The monoisotopic (exact) mass is 323 g/mol. The van der Waals surface area contributed by atoms with E-state index in [2.05, 4.69) is 4.98 Å². The smallest absolute Gasteiger partial charge is 0.198 e. The van der Waals surface area contributed by atoms with Crippen molar-refractivity contribution in [3.05, 3.63) is 82.5 Å². The number of hydrogen-bond donors (Lipinski definition) is 1. The van der Waals surface area contributed by atoms with Crippen molar-refractivity contribution in [1.82, 2.24) is 4.98 Å². The summed E-state index contributed by atoms with van der Waals surface area (Å²) < 4.78 is 0. The SMILES string of the molecule is Cc1cc(O)c(C(=O)c2ccc(-c3ccccc3)nc2)cc1Cl. The summed E-state index contributed by atoms with van der Waals surface area (Å²) in [6.45, 7) is 1.77. The summed E-state index contributed by atoms with van der Waals surface area (Å²) in [5.74, 6) is -0.388. The van der Waals surface area contributed by atoms with E-state index in [9.17, 15) is 9.90 Å². The zero-order chi connectivity index (χ0) is 16.4. The minimum atomic E-state index is -0.309. The molecule has 1 aromatic heterocycles. The number of halogens is 1. The van der Waals surface area contributed by atoms with E-state index in [0.717, 1.165) is 16.8 Å². The Morgan fingerprint density at radius 3 is 2.48 bits per heavy atom. The quantitative estimate of drug-likeness (QED) is 0.714. The Labute approximate surface area is 139 Å². The van der Waals surface area contributed by atoms with Crippen molar-refractivity contribution in [2.75, 3.05) is 0 Å². The van der Waals surface area contributed by atoms with Crippen molar-refractivity contribution in [3.63, 3.8) is 0 Å². The van der Waals surface area contributed by atoms with Gasteiger partial charge >= 0.3 is 0 Å². The summed E-state index contributed by atoms with van der Waals surface area (Å²) >= 11 is 6.04. The van der Waals surface area contributed by atoms with E-state index in [1.165, 1.54) is 18.3 Å². The molecule has 0 aliphatic rings. The molecule has 1 heterocycles. The van der Waals surface area contributed by atoms with Gasteiger partial charge in [-0.1, -0.05) is 41.9 Å². The molecule has 2 aromatic carbocycles. The first kappa shape index (κ1) is 15.3. The number of hydrogen-bond acceptors (Lipinski definition) is 3. The van der Waals surface area contributed by atoms with Crippen LogP contribution in [0.1, 0.15) is 21.5 Å². The number of aromatic nitrogens is 1. The first-order valence-electron chi connectivity index (χ1n) is 7.11. The van der Waals surface area contributed by atoms with E-state index in [1.54, 1.807) is 19.1 Å². The Hall–Kier alpha value is -2.65. The van der Waals surface area contributed by atoms with Gasteiger partial charge in [-0.3, -0.25) is 9.78 Å². The molecule has 114 valence electrons. The molecule has 0 atom stereocenters. The molecular weight excluding hydrogens is 310 g/mol. The van der Waals surface area contributed by atoms with E-state index >= 15 is 0 Å². The van der Waals surface area contributed by atoms with Crippen LogP contribution in [0.25, 0.3) is 11.3 Å². The molecule has 0 bridgehead atoms. The Balaban J connectivity index is 1.94. The number of aryl methyl sites for hydroxylation is 1. The maximum atomic E-state index is 12.5. The van der Waals surface area contributed by atoms with Crippen LogP contribution in [0.4, 0.5) is 0 Å². The van der Waals surface area contributed by atoms with E-state index in [0.29, 0.717) is 10.6 Å². The number of carbonyl (C=O) groups excluding carboxylic acids is 1. The van der Waals surface area contributed by atoms with Crippen LogP contribution in [0, 0.1) is 6.92 Å². The fraction of sp³-hybridized carbons (Fsp3) is 0.0526. The predicted octanol–water partition coefficient (Wildman–Crippen LogP) is 4.65. The zero-order valence-corrected chi connectivity index (χ0v) is 13.2. The highest BCUT2D eigenvalue weighted by Gasteiger charge is 2.16. The van der Waals surface area contributed by atoms with Gasteiger partial charge in [0.15, 0.2) is 5.78 Å². The van der Waals surface area contributed by atoms with Crippen molar-refractivity contribution in [2.45, 2.75) is 6.92 Å². The average Bonchev–Trinajstić information content (AvgIpc) is 2.58. The maximum Gasteiger partial charge on any atom is 0.198 e. The Morgan fingerprint density at radius 1 is 1.09 bits per heavy atom. The van der Waals surface area contributed by atoms with Crippen LogP contribution in [0.2, 0.25) is 5.02 Å². The molecule has 0 saturated carbocycles. The summed E-state index contributed by atoms with van der Waals surface area (Å²) in [6.07, 6.45) is 1.51. The molecule has 1 N–H and O–H groups in total. The molecule has 0 aliphatic carbocycles. The van der Waals surface area contributed by atoms with Crippen LogP contribution >= 0.6 is 11.6 Å². The number of phenolic OH excluding ortho intramolecular Hbond substituents is 1. The van der Waals surface area contributed by atoms with Crippen LogP contribution in [0.3, 0.4) is 0 Å². The van der Waals surface area contributed by atoms with Crippen LogP contribution in [0.5, 0.6) is 5.75 Å². The summed E-state index contributed by atoms with van der Waals surface area (Å²) in [5.41, 5.74) is 3.06. The second kappa shape index (κ2) is 6.23. The second-order valence-electron chi connectivity index (χ2n) is 5.25. The number of rotatable bonds is 3. The minimum absolute atomic E-state index is 0.0796. The van der Waals surface area contributed by atoms with Gasteiger partial charge in [-0.15, -0.1) is 0 Å². The van der Waals surface area contributed by atoms with Gasteiger partial charge < -0.3 is 5.11 Å². The van der Waals surface area contributed by atoms with Crippen molar-refractivity contribution in [1.29, 1.82) is 0 Å². The number of benzene rings is 2. The van der Waals surface area contributed by atoms with Gasteiger partial charge in [-0.25, -0.2) is 0 Å². The van der Waals surface area contributed by atoms with Crippen molar-refractivity contribution in [3.8, 4) is 17.0 Å². The first-order valence-corrected chi connectivity index (χ1v) is 7.49.